The number of halogens is 13. The van der Waals surface area contributed by atoms with Crippen LogP contribution in [0.15, 0.2) is 45.4 Å². The van der Waals surface area contributed by atoms with Gasteiger partial charge in [0.2, 0.25) is 5.75 Å². The molecule has 0 aliphatic carbocycles. The van der Waals surface area contributed by atoms with E-state index in [1.54, 1.807) is 0 Å². The fourth-order valence-corrected chi connectivity index (χ4v) is 5.82. The molecule has 0 radical (unpaired) electrons. The van der Waals surface area contributed by atoms with Crippen LogP contribution in [0.25, 0.3) is 5.83 Å². The van der Waals surface area contributed by atoms with Gasteiger partial charge in [-0.15, -0.1) is 0 Å². The molecule has 0 saturated heterocycles. The van der Waals surface area contributed by atoms with Crippen LogP contribution < -0.4 is 5.32 Å². The van der Waals surface area contributed by atoms with Crippen LogP contribution in [0.1, 0.15) is 39.9 Å². The van der Waals surface area contributed by atoms with E-state index in [2.05, 4.69) is 31.9 Å². The molecule has 1 N–H and O–H groups in total. The molecule has 0 aliphatic heterocycles. The predicted octanol–water partition coefficient (Wildman–Crippen LogP) is 8.97. The smallest absolute Gasteiger partial charge is 0.433 e. The Kier molecular flexibility index (Phi) is 11.5. The van der Waals surface area contributed by atoms with Crippen LogP contribution in [0.3, 0.4) is 0 Å². The van der Waals surface area contributed by atoms with E-state index in [1.165, 1.54) is 0 Å². The van der Waals surface area contributed by atoms with Crippen molar-refractivity contribution in [3.05, 3.63) is 72.6 Å². The molecular formula is C23H16Br2ClF10NO2S. The zero-order chi connectivity index (χ0) is 30.8. The fraction of sp³-hybridized carbons (Fsp3) is 0.348. The van der Waals surface area contributed by atoms with Gasteiger partial charge in [-0.1, -0.05) is 17.7 Å². The third-order valence-electron chi connectivity index (χ3n) is 5.01. The number of allylic oxidation sites excluding steroid dienone is 1. The van der Waals surface area contributed by atoms with Crippen LogP contribution in [0.5, 0.6) is 0 Å². The predicted molar refractivity (Wildman–Crippen MR) is 137 cm³/mol. The van der Waals surface area contributed by atoms with E-state index in [9.17, 15) is 53.3 Å². The molecular weight excluding hydrogens is 740 g/mol. The highest BCUT2D eigenvalue weighted by Gasteiger charge is 2.41. The largest absolute Gasteiger partial charge is 0.616 e. The van der Waals surface area contributed by atoms with E-state index < -0.39 is 87.2 Å². The van der Waals surface area contributed by atoms with E-state index in [0.29, 0.717) is 12.1 Å². The van der Waals surface area contributed by atoms with Gasteiger partial charge in [0.1, 0.15) is 17.5 Å². The number of hydrogen-bond acceptors (Lipinski definition) is 2. The molecule has 2 unspecified atom stereocenters. The molecule has 0 bridgehead atoms. The SMILES string of the molecule is C[C@H](C[S+]([O-])CC(F)(F)F)NC(=O)c1ccc(/C(F)=C/C(c2cc(Br)c(Cl)c(Br)c2)C(F)(F)F)cc1C(F)(F)F. The minimum atomic E-state index is -5.28. The second-order valence-electron chi connectivity index (χ2n) is 8.33. The first-order chi connectivity index (χ1) is 18.1. The zero-order valence-corrected chi connectivity index (χ0v) is 24.4. The van der Waals surface area contributed by atoms with Crippen LogP contribution in [-0.2, 0) is 17.4 Å². The minimum absolute atomic E-state index is 0.0266. The number of carbonyl (C=O) groups is 1. The van der Waals surface area contributed by atoms with Crippen molar-refractivity contribution in [2.75, 3.05) is 11.5 Å². The zero-order valence-electron chi connectivity index (χ0n) is 19.7. The summed E-state index contributed by atoms with van der Waals surface area (Å²) < 4.78 is 146. The third kappa shape index (κ3) is 9.81. The topological polar surface area (TPSA) is 52.2 Å². The molecule has 0 aliphatic rings. The Morgan fingerprint density at radius 1 is 1.05 bits per heavy atom. The van der Waals surface area contributed by atoms with Gasteiger partial charge in [0, 0.05) is 14.5 Å². The van der Waals surface area contributed by atoms with Gasteiger partial charge in [-0.3, -0.25) is 4.79 Å². The lowest BCUT2D eigenvalue weighted by Gasteiger charge is -2.20. The average Bonchev–Trinajstić information content (AvgIpc) is 2.77. The summed E-state index contributed by atoms with van der Waals surface area (Å²) in [6.45, 7) is 1.11. The van der Waals surface area contributed by atoms with E-state index in [1.807, 2.05) is 5.32 Å². The molecule has 222 valence electrons. The van der Waals surface area contributed by atoms with Gasteiger partial charge >= 0.3 is 18.5 Å². The Morgan fingerprint density at radius 2 is 1.60 bits per heavy atom. The van der Waals surface area contributed by atoms with Gasteiger partial charge in [0.15, 0.2) is 0 Å². The highest BCUT2D eigenvalue weighted by Crippen LogP contribution is 2.43. The first-order valence-corrected chi connectivity index (χ1v) is 14.1. The van der Waals surface area contributed by atoms with Gasteiger partial charge in [-0.2, -0.15) is 39.5 Å². The standard InChI is InChI=1S/C23H16Br2ClF10NO2S/c1-10(8-40(39)9-21(28,29)30)37-20(38)13-3-2-11(4-15(13)23(34,35)36)18(27)7-14(22(31,32)33)12-5-16(24)19(26)17(25)6-12/h2-7,10,14H,8-9H2,1H3,(H,37,38)/b18-7-/t10-,14?,40?/m1/s1. The molecule has 0 fully saturated rings. The maximum atomic E-state index is 15.0. The first-order valence-electron chi connectivity index (χ1n) is 10.6. The third-order valence-corrected chi connectivity index (χ3v) is 8.65. The summed E-state index contributed by atoms with van der Waals surface area (Å²) in [6.07, 6.45) is -15.0. The number of nitrogens with one attached hydrogen (secondary N) is 1. The monoisotopic (exact) mass is 753 g/mol. The molecule has 40 heavy (non-hydrogen) atoms. The van der Waals surface area contributed by atoms with Crippen LogP contribution in [0.2, 0.25) is 5.02 Å². The van der Waals surface area contributed by atoms with Crippen molar-refractivity contribution >= 4 is 66.4 Å². The Bertz CT molecular complexity index is 1240. The van der Waals surface area contributed by atoms with Crippen LogP contribution >= 0.6 is 43.5 Å². The quantitative estimate of drug-likeness (QED) is 0.166. The molecule has 0 saturated carbocycles. The van der Waals surface area contributed by atoms with Crippen LogP contribution in [0, 0.1) is 0 Å². The van der Waals surface area contributed by atoms with E-state index in [0.717, 1.165) is 19.1 Å². The Morgan fingerprint density at radius 3 is 2.08 bits per heavy atom. The van der Waals surface area contributed by atoms with Gasteiger partial charge in [0.05, 0.1) is 22.2 Å². The van der Waals surface area contributed by atoms with Gasteiger partial charge in [-0.05, 0) is 85.9 Å². The summed E-state index contributed by atoms with van der Waals surface area (Å²) in [5.74, 6) is -8.13. The molecule has 2 aromatic rings. The highest BCUT2D eigenvalue weighted by atomic mass is 79.9. The Hall–Kier alpha value is -1.49. The second kappa shape index (κ2) is 13.2. The van der Waals surface area contributed by atoms with Gasteiger partial charge in [0.25, 0.3) is 5.91 Å². The molecule has 3 atom stereocenters. The maximum Gasteiger partial charge on any atom is 0.433 e. The van der Waals surface area contributed by atoms with E-state index >= 15 is 0 Å². The lowest BCUT2D eigenvalue weighted by molar-refractivity contribution is -0.140. The molecule has 0 heterocycles. The Labute approximate surface area is 245 Å². The number of rotatable bonds is 8. The van der Waals surface area contributed by atoms with E-state index in [-0.39, 0.29) is 26.1 Å². The van der Waals surface area contributed by atoms with Crippen LogP contribution in [0.4, 0.5) is 43.9 Å². The van der Waals surface area contributed by atoms with Crippen molar-refractivity contribution < 1.29 is 53.3 Å². The molecule has 0 aromatic heterocycles. The fourth-order valence-electron chi connectivity index (χ4n) is 3.37. The van der Waals surface area contributed by atoms with Crippen molar-refractivity contribution in [3.8, 4) is 0 Å². The van der Waals surface area contributed by atoms with E-state index in [4.69, 9.17) is 11.6 Å². The van der Waals surface area contributed by atoms with Crippen molar-refractivity contribution in [1.82, 2.24) is 5.32 Å². The summed E-state index contributed by atoms with van der Waals surface area (Å²) in [5, 5.41) is 2.01. The number of hydrogen-bond donors (Lipinski definition) is 1. The number of carbonyl (C=O) groups excluding carboxylic acids is 1. The summed E-state index contributed by atoms with van der Waals surface area (Å²) in [6, 6.07) is 1.97. The molecule has 2 rings (SSSR count). The summed E-state index contributed by atoms with van der Waals surface area (Å²) in [5.41, 5.74) is -4.20. The molecule has 3 nitrogen and oxygen atoms in total. The van der Waals surface area contributed by atoms with Crippen molar-refractivity contribution in [2.24, 2.45) is 0 Å². The molecule has 2 aromatic carbocycles. The lowest BCUT2D eigenvalue weighted by Crippen LogP contribution is -2.40. The summed E-state index contributed by atoms with van der Waals surface area (Å²) in [4.78, 5) is 12.4. The van der Waals surface area contributed by atoms with Crippen molar-refractivity contribution in [2.45, 2.75) is 37.4 Å². The molecule has 1 amide bonds. The summed E-state index contributed by atoms with van der Waals surface area (Å²) >= 11 is 9.34. The van der Waals surface area contributed by atoms with Crippen LogP contribution in [-0.4, -0.2) is 40.4 Å². The van der Waals surface area contributed by atoms with Crippen molar-refractivity contribution in [3.63, 3.8) is 0 Å². The highest BCUT2D eigenvalue weighted by molar-refractivity contribution is 9.11. The number of alkyl halides is 9. The Balaban J connectivity index is 2.43. The second-order valence-corrected chi connectivity index (χ2v) is 11.9. The lowest BCUT2D eigenvalue weighted by atomic mass is 9.95. The number of benzene rings is 2. The van der Waals surface area contributed by atoms with Crippen molar-refractivity contribution in [1.29, 1.82) is 0 Å². The average molecular weight is 756 g/mol. The number of amides is 1. The van der Waals surface area contributed by atoms with Gasteiger partial charge < -0.3 is 9.87 Å². The van der Waals surface area contributed by atoms with Gasteiger partial charge in [-0.25, -0.2) is 4.39 Å². The molecule has 17 heteroatoms. The minimum Gasteiger partial charge on any atom is -0.616 e. The first kappa shape index (κ1) is 34.7. The summed E-state index contributed by atoms with van der Waals surface area (Å²) in [7, 11) is 0. The normalized spacial score (nSPS) is 15.5. The maximum absolute atomic E-state index is 15.0. The molecule has 0 spiro atoms.